The zero-order chi connectivity index (χ0) is 14.7. The molecule has 106 valence electrons. The molecule has 0 saturated carbocycles. The summed E-state index contributed by atoms with van der Waals surface area (Å²) in [5.41, 5.74) is 2.40. The molecule has 1 aromatic heterocycles. The first-order valence-electron chi connectivity index (χ1n) is 6.77. The van der Waals surface area contributed by atoms with Gasteiger partial charge in [0.25, 0.3) is 5.91 Å². The molecule has 0 aliphatic carbocycles. The summed E-state index contributed by atoms with van der Waals surface area (Å²) in [5, 5.41) is 10.8. The van der Waals surface area contributed by atoms with Crippen molar-refractivity contribution in [2.75, 3.05) is 0 Å². The maximum absolute atomic E-state index is 12.0. The van der Waals surface area contributed by atoms with Crippen LogP contribution in [-0.2, 0) is 0 Å². The van der Waals surface area contributed by atoms with Gasteiger partial charge in [-0.25, -0.2) is 4.68 Å². The lowest BCUT2D eigenvalue weighted by Crippen LogP contribution is -2.36. The highest BCUT2D eigenvalue weighted by molar-refractivity contribution is 5.92. The molecule has 2 aromatic rings. The van der Waals surface area contributed by atoms with Crippen LogP contribution in [0.3, 0.4) is 0 Å². The van der Waals surface area contributed by atoms with E-state index in [2.05, 4.69) is 29.5 Å². The molecule has 0 aliphatic rings. The van der Waals surface area contributed by atoms with Gasteiger partial charge in [0, 0.05) is 6.04 Å². The van der Waals surface area contributed by atoms with Crippen LogP contribution in [0, 0.1) is 12.8 Å². The van der Waals surface area contributed by atoms with Gasteiger partial charge < -0.3 is 5.32 Å². The van der Waals surface area contributed by atoms with Crippen molar-refractivity contribution in [2.45, 2.75) is 33.7 Å². The van der Waals surface area contributed by atoms with Crippen LogP contribution >= 0.6 is 0 Å². The van der Waals surface area contributed by atoms with E-state index in [4.69, 9.17) is 0 Å². The maximum atomic E-state index is 12.0. The molecule has 2 rings (SSSR count). The standard InChI is InChI=1S/C15H20N4O/c1-10(2)12(4)16-15(20)14-9-19(18-17-14)13-7-5-11(3)6-8-13/h5-10,12H,1-4H3,(H,16,20). The second-order valence-electron chi connectivity index (χ2n) is 5.39. The van der Waals surface area contributed by atoms with Crippen molar-refractivity contribution in [3.05, 3.63) is 41.7 Å². The predicted molar refractivity (Wildman–Crippen MR) is 77.9 cm³/mol. The monoisotopic (exact) mass is 272 g/mol. The molecule has 0 bridgehead atoms. The molecule has 1 atom stereocenters. The molecular weight excluding hydrogens is 252 g/mol. The highest BCUT2D eigenvalue weighted by Crippen LogP contribution is 2.09. The van der Waals surface area contributed by atoms with Gasteiger partial charge >= 0.3 is 0 Å². The predicted octanol–water partition coefficient (Wildman–Crippen LogP) is 2.35. The average molecular weight is 272 g/mol. The smallest absolute Gasteiger partial charge is 0.273 e. The van der Waals surface area contributed by atoms with Crippen molar-refractivity contribution in [2.24, 2.45) is 5.92 Å². The van der Waals surface area contributed by atoms with E-state index in [1.54, 1.807) is 10.9 Å². The Hall–Kier alpha value is -2.17. The minimum atomic E-state index is -0.190. The number of benzene rings is 1. The van der Waals surface area contributed by atoms with Crippen molar-refractivity contribution < 1.29 is 4.79 Å². The number of carbonyl (C=O) groups excluding carboxylic acids is 1. The third-order valence-corrected chi connectivity index (χ3v) is 3.38. The molecule has 0 aliphatic heterocycles. The molecule has 1 N–H and O–H groups in total. The first-order valence-corrected chi connectivity index (χ1v) is 6.77. The van der Waals surface area contributed by atoms with E-state index in [0.717, 1.165) is 5.69 Å². The van der Waals surface area contributed by atoms with E-state index < -0.39 is 0 Å². The molecule has 1 heterocycles. The van der Waals surface area contributed by atoms with Crippen LogP contribution < -0.4 is 5.32 Å². The first-order chi connectivity index (χ1) is 9.47. The molecule has 1 aromatic carbocycles. The summed E-state index contributed by atoms with van der Waals surface area (Å²) < 4.78 is 1.61. The Morgan fingerprint density at radius 2 is 1.85 bits per heavy atom. The zero-order valence-electron chi connectivity index (χ0n) is 12.3. The molecule has 0 spiro atoms. The molecular formula is C15H20N4O. The minimum Gasteiger partial charge on any atom is -0.348 e. The number of aromatic nitrogens is 3. The van der Waals surface area contributed by atoms with Gasteiger partial charge in [-0.15, -0.1) is 5.10 Å². The van der Waals surface area contributed by atoms with Crippen molar-refractivity contribution >= 4 is 5.91 Å². The number of amides is 1. The van der Waals surface area contributed by atoms with Gasteiger partial charge in [-0.05, 0) is 31.9 Å². The summed E-state index contributed by atoms with van der Waals surface area (Å²) in [4.78, 5) is 12.0. The van der Waals surface area contributed by atoms with Crippen molar-refractivity contribution in [3.8, 4) is 5.69 Å². The van der Waals surface area contributed by atoms with Crippen LogP contribution in [0.1, 0.15) is 36.8 Å². The number of rotatable bonds is 4. The molecule has 0 radical (unpaired) electrons. The van der Waals surface area contributed by atoms with Crippen LogP contribution in [0.15, 0.2) is 30.5 Å². The van der Waals surface area contributed by atoms with Crippen LogP contribution in [0.5, 0.6) is 0 Å². The molecule has 5 heteroatoms. The summed E-state index contributed by atoms with van der Waals surface area (Å²) in [6, 6.07) is 7.99. The quantitative estimate of drug-likeness (QED) is 0.929. The van der Waals surface area contributed by atoms with Crippen LogP contribution in [0.2, 0.25) is 0 Å². The Morgan fingerprint density at radius 3 is 2.45 bits per heavy atom. The van der Waals surface area contributed by atoms with E-state index in [1.165, 1.54) is 5.56 Å². The summed E-state index contributed by atoms with van der Waals surface area (Å²) in [5.74, 6) is 0.190. The van der Waals surface area contributed by atoms with E-state index in [-0.39, 0.29) is 11.9 Å². The summed E-state index contributed by atoms with van der Waals surface area (Å²) in [7, 11) is 0. The lowest BCUT2D eigenvalue weighted by molar-refractivity contribution is 0.0925. The Labute approximate surface area is 119 Å². The number of nitrogens with zero attached hydrogens (tertiary/aromatic N) is 3. The zero-order valence-corrected chi connectivity index (χ0v) is 12.3. The lowest BCUT2D eigenvalue weighted by atomic mass is 10.1. The van der Waals surface area contributed by atoms with Gasteiger partial charge in [-0.2, -0.15) is 0 Å². The van der Waals surface area contributed by atoms with Crippen molar-refractivity contribution in [1.82, 2.24) is 20.3 Å². The number of hydrogen-bond acceptors (Lipinski definition) is 3. The SMILES string of the molecule is Cc1ccc(-n2cc(C(=O)NC(C)C(C)C)nn2)cc1. The Morgan fingerprint density at radius 1 is 1.20 bits per heavy atom. The van der Waals surface area contributed by atoms with Crippen molar-refractivity contribution in [3.63, 3.8) is 0 Å². The minimum absolute atomic E-state index is 0.104. The molecule has 0 fully saturated rings. The maximum Gasteiger partial charge on any atom is 0.273 e. The number of nitrogens with one attached hydrogen (secondary N) is 1. The van der Waals surface area contributed by atoms with Gasteiger partial charge in [-0.1, -0.05) is 36.8 Å². The van der Waals surface area contributed by atoms with E-state index in [9.17, 15) is 4.79 Å². The highest BCUT2D eigenvalue weighted by Gasteiger charge is 2.15. The number of hydrogen-bond donors (Lipinski definition) is 1. The fourth-order valence-electron chi connectivity index (χ4n) is 1.64. The van der Waals surface area contributed by atoms with Gasteiger partial charge in [-0.3, -0.25) is 4.79 Å². The largest absolute Gasteiger partial charge is 0.348 e. The number of aryl methyl sites for hydroxylation is 1. The Kier molecular flexibility index (Phi) is 4.17. The van der Waals surface area contributed by atoms with Gasteiger partial charge in [0.15, 0.2) is 5.69 Å². The summed E-state index contributed by atoms with van der Waals surface area (Å²) in [6.45, 7) is 8.13. The van der Waals surface area contributed by atoms with Crippen LogP contribution in [-0.4, -0.2) is 26.9 Å². The molecule has 20 heavy (non-hydrogen) atoms. The molecule has 0 saturated heterocycles. The molecule has 5 nitrogen and oxygen atoms in total. The molecule has 1 unspecified atom stereocenters. The topological polar surface area (TPSA) is 59.8 Å². The van der Waals surface area contributed by atoms with Gasteiger partial charge in [0.05, 0.1) is 11.9 Å². The lowest BCUT2D eigenvalue weighted by Gasteiger charge is -2.16. The van der Waals surface area contributed by atoms with Gasteiger partial charge in [0.2, 0.25) is 0 Å². The van der Waals surface area contributed by atoms with E-state index in [1.807, 2.05) is 38.1 Å². The van der Waals surface area contributed by atoms with Crippen molar-refractivity contribution in [1.29, 1.82) is 0 Å². The first kappa shape index (κ1) is 14.2. The van der Waals surface area contributed by atoms with E-state index >= 15 is 0 Å². The van der Waals surface area contributed by atoms with E-state index in [0.29, 0.717) is 11.6 Å². The fourth-order valence-corrected chi connectivity index (χ4v) is 1.64. The van der Waals surface area contributed by atoms with Gasteiger partial charge in [0.1, 0.15) is 0 Å². The average Bonchev–Trinajstić information content (AvgIpc) is 2.89. The second-order valence-corrected chi connectivity index (χ2v) is 5.39. The normalized spacial score (nSPS) is 12.4. The number of carbonyl (C=O) groups is 1. The summed E-state index contributed by atoms with van der Waals surface area (Å²) in [6.07, 6.45) is 1.65. The van der Waals surface area contributed by atoms with Crippen LogP contribution in [0.25, 0.3) is 5.69 Å². The second kappa shape index (κ2) is 5.86. The third kappa shape index (κ3) is 3.23. The Balaban J connectivity index is 2.12. The van der Waals surface area contributed by atoms with Crippen LogP contribution in [0.4, 0.5) is 0 Å². The highest BCUT2D eigenvalue weighted by atomic mass is 16.2. The Bertz CT molecular complexity index is 586. The third-order valence-electron chi connectivity index (χ3n) is 3.38. The fraction of sp³-hybridized carbons (Fsp3) is 0.400. The summed E-state index contributed by atoms with van der Waals surface area (Å²) >= 11 is 0. The molecule has 1 amide bonds.